The molecule has 1 aliphatic rings. The lowest BCUT2D eigenvalue weighted by Crippen LogP contribution is -2.41. The number of carbonyl (C=O) groups is 1. The molecule has 0 aromatic heterocycles. The lowest BCUT2D eigenvalue weighted by atomic mass is 9.84. The number of carbonyl (C=O) groups excluding carboxylic acids is 1. The smallest absolute Gasteiger partial charge is 0.325 e. The number of ether oxygens (including phenoxy) is 1. The molecule has 2 aromatic rings. The number of benzene rings is 2. The Balaban J connectivity index is 2.10. The number of anilines is 1. The maximum absolute atomic E-state index is 12.2. The Morgan fingerprint density at radius 1 is 1.22 bits per heavy atom. The summed E-state index contributed by atoms with van der Waals surface area (Å²) in [5.74, 6) is -1.35. The molecule has 1 aliphatic heterocycles. The predicted octanol–water partition coefficient (Wildman–Crippen LogP) is 3.10. The molecule has 2 atom stereocenters. The van der Waals surface area contributed by atoms with Crippen molar-refractivity contribution in [2.75, 3.05) is 18.6 Å². The first-order chi connectivity index (χ1) is 11.3. The van der Waals surface area contributed by atoms with E-state index in [1.165, 1.54) is 12.7 Å². The highest BCUT2D eigenvalue weighted by atomic mass is 16.5. The average molecular weight is 306 g/mol. The molecule has 0 bridgehead atoms. The van der Waals surface area contributed by atoms with Gasteiger partial charge in [0.2, 0.25) is 0 Å². The second kappa shape index (κ2) is 6.53. The summed E-state index contributed by atoms with van der Waals surface area (Å²) in [6.45, 7) is 0.765. The minimum Gasteiger partial charge on any atom is -0.468 e. The Hall–Kier alpha value is -2.80. The van der Waals surface area contributed by atoms with E-state index in [9.17, 15) is 10.1 Å². The van der Waals surface area contributed by atoms with Gasteiger partial charge in [0.25, 0.3) is 0 Å². The molecular weight excluding hydrogens is 288 g/mol. The molecule has 0 radical (unpaired) electrons. The Morgan fingerprint density at radius 2 is 1.91 bits per heavy atom. The second-order valence-electron chi connectivity index (χ2n) is 5.55. The van der Waals surface area contributed by atoms with E-state index in [1.54, 1.807) is 0 Å². The van der Waals surface area contributed by atoms with Crippen molar-refractivity contribution in [3.05, 3.63) is 65.7 Å². The zero-order valence-corrected chi connectivity index (χ0v) is 13.0. The highest BCUT2D eigenvalue weighted by molar-refractivity contribution is 5.77. The van der Waals surface area contributed by atoms with Gasteiger partial charge in [0, 0.05) is 12.2 Å². The van der Waals surface area contributed by atoms with Crippen LogP contribution in [0.1, 0.15) is 17.2 Å². The van der Waals surface area contributed by atoms with Crippen LogP contribution < -0.4 is 4.90 Å². The number of hydrogen-bond donors (Lipinski definition) is 0. The van der Waals surface area contributed by atoms with Crippen LogP contribution in [0.4, 0.5) is 5.69 Å². The van der Waals surface area contributed by atoms with Gasteiger partial charge in [-0.05, 0) is 29.7 Å². The summed E-state index contributed by atoms with van der Waals surface area (Å²) in [5.41, 5.74) is 3.23. The first-order valence-electron chi connectivity index (χ1n) is 7.63. The zero-order valence-electron chi connectivity index (χ0n) is 13.0. The zero-order chi connectivity index (χ0) is 16.2. The molecule has 4 heteroatoms. The van der Waals surface area contributed by atoms with Crippen molar-refractivity contribution in [1.82, 2.24) is 0 Å². The standard InChI is InChI=1S/C19H18N2O2/c1-23-19(22)17(13-20)18-16-10-6-5-7-14(16)11-12-21(18)15-8-3-2-4-9-15/h2-10,17-18H,11-12H2,1H3. The lowest BCUT2D eigenvalue weighted by molar-refractivity contribution is -0.144. The fourth-order valence-electron chi connectivity index (χ4n) is 3.25. The van der Waals surface area contributed by atoms with Crippen molar-refractivity contribution in [1.29, 1.82) is 5.26 Å². The molecule has 116 valence electrons. The molecule has 0 aliphatic carbocycles. The lowest BCUT2D eigenvalue weighted by Gasteiger charge is -2.40. The third-order valence-electron chi connectivity index (χ3n) is 4.33. The van der Waals surface area contributed by atoms with Gasteiger partial charge in [0.15, 0.2) is 5.92 Å². The van der Waals surface area contributed by atoms with Crippen LogP contribution in [0.3, 0.4) is 0 Å². The van der Waals surface area contributed by atoms with Gasteiger partial charge in [-0.1, -0.05) is 42.5 Å². The topological polar surface area (TPSA) is 53.3 Å². The normalized spacial score (nSPS) is 17.7. The maximum Gasteiger partial charge on any atom is 0.325 e. The van der Waals surface area contributed by atoms with E-state index in [0.29, 0.717) is 0 Å². The van der Waals surface area contributed by atoms with Gasteiger partial charge < -0.3 is 9.64 Å². The minimum atomic E-state index is -0.860. The molecular formula is C19H18N2O2. The summed E-state index contributed by atoms with van der Waals surface area (Å²) < 4.78 is 4.87. The number of nitriles is 1. The molecule has 23 heavy (non-hydrogen) atoms. The van der Waals surface area contributed by atoms with Crippen molar-refractivity contribution in [3.8, 4) is 6.07 Å². The first-order valence-corrected chi connectivity index (χ1v) is 7.63. The van der Waals surface area contributed by atoms with Crippen LogP contribution in [0.2, 0.25) is 0 Å². The molecule has 0 saturated heterocycles. The summed E-state index contributed by atoms with van der Waals surface area (Å²) >= 11 is 0. The molecule has 0 fully saturated rings. The van der Waals surface area contributed by atoms with Crippen LogP contribution in [-0.2, 0) is 16.0 Å². The average Bonchev–Trinajstić information content (AvgIpc) is 2.63. The Kier molecular flexibility index (Phi) is 4.29. The highest BCUT2D eigenvalue weighted by Crippen LogP contribution is 2.38. The van der Waals surface area contributed by atoms with Crippen molar-refractivity contribution < 1.29 is 9.53 Å². The number of rotatable bonds is 3. The Bertz CT molecular complexity index is 737. The van der Waals surface area contributed by atoms with E-state index in [-0.39, 0.29) is 6.04 Å². The van der Waals surface area contributed by atoms with Crippen molar-refractivity contribution in [3.63, 3.8) is 0 Å². The van der Waals surface area contributed by atoms with E-state index < -0.39 is 11.9 Å². The molecule has 0 amide bonds. The molecule has 0 saturated carbocycles. The second-order valence-corrected chi connectivity index (χ2v) is 5.55. The van der Waals surface area contributed by atoms with E-state index in [1.807, 2.05) is 48.5 Å². The van der Waals surface area contributed by atoms with Gasteiger partial charge in [-0.2, -0.15) is 5.26 Å². The van der Waals surface area contributed by atoms with Crippen LogP contribution in [-0.4, -0.2) is 19.6 Å². The van der Waals surface area contributed by atoms with Crippen molar-refractivity contribution in [2.24, 2.45) is 5.92 Å². The quantitative estimate of drug-likeness (QED) is 0.818. The van der Waals surface area contributed by atoms with E-state index in [4.69, 9.17) is 4.74 Å². The van der Waals surface area contributed by atoms with E-state index in [2.05, 4.69) is 17.0 Å². The number of fused-ring (bicyclic) bond motifs is 1. The fourth-order valence-corrected chi connectivity index (χ4v) is 3.25. The van der Waals surface area contributed by atoms with E-state index in [0.717, 1.165) is 24.2 Å². The van der Waals surface area contributed by atoms with Gasteiger partial charge >= 0.3 is 5.97 Å². The SMILES string of the molecule is COC(=O)C(C#N)C1c2ccccc2CCN1c1ccccc1. The third kappa shape index (κ3) is 2.78. The molecule has 0 N–H and O–H groups in total. The number of esters is 1. The van der Waals surface area contributed by atoms with Crippen LogP contribution in [0.25, 0.3) is 0 Å². The molecule has 2 unspecified atom stereocenters. The van der Waals surface area contributed by atoms with Gasteiger partial charge in [0.1, 0.15) is 0 Å². The van der Waals surface area contributed by atoms with E-state index >= 15 is 0 Å². The maximum atomic E-state index is 12.2. The van der Waals surface area contributed by atoms with Gasteiger partial charge in [0.05, 0.1) is 19.2 Å². The van der Waals surface area contributed by atoms with Gasteiger partial charge in [-0.25, -0.2) is 0 Å². The number of nitrogens with zero attached hydrogens (tertiary/aromatic N) is 2. The summed E-state index contributed by atoms with van der Waals surface area (Å²) in [6.07, 6.45) is 0.890. The first kappa shape index (κ1) is 15.1. The molecule has 1 heterocycles. The molecule has 2 aromatic carbocycles. The predicted molar refractivity (Wildman–Crippen MR) is 87.8 cm³/mol. The largest absolute Gasteiger partial charge is 0.468 e. The highest BCUT2D eigenvalue weighted by Gasteiger charge is 2.38. The number of hydrogen-bond acceptors (Lipinski definition) is 4. The number of methoxy groups -OCH3 is 1. The Labute approximate surface area is 135 Å². The van der Waals surface area contributed by atoms with Gasteiger partial charge in [-0.15, -0.1) is 0 Å². The van der Waals surface area contributed by atoms with Crippen molar-refractivity contribution >= 4 is 11.7 Å². The monoisotopic (exact) mass is 306 g/mol. The van der Waals surface area contributed by atoms with Crippen LogP contribution in [0.5, 0.6) is 0 Å². The van der Waals surface area contributed by atoms with Crippen LogP contribution in [0, 0.1) is 17.2 Å². The molecule has 3 rings (SSSR count). The summed E-state index contributed by atoms with van der Waals surface area (Å²) in [7, 11) is 1.33. The fraction of sp³-hybridized carbons (Fsp3) is 0.263. The third-order valence-corrected chi connectivity index (χ3v) is 4.33. The van der Waals surface area contributed by atoms with Crippen LogP contribution in [0.15, 0.2) is 54.6 Å². The summed E-state index contributed by atoms with van der Waals surface area (Å²) in [5, 5.41) is 9.59. The molecule has 4 nitrogen and oxygen atoms in total. The number of para-hydroxylation sites is 1. The minimum absolute atomic E-state index is 0.334. The van der Waals surface area contributed by atoms with Crippen LogP contribution >= 0.6 is 0 Å². The Morgan fingerprint density at radius 3 is 2.61 bits per heavy atom. The van der Waals surface area contributed by atoms with Gasteiger partial charge in [-0.3, -0.25) is 4.79 Å². The summed E-state index contributed by atoms with van der Waals surface area (Å²) in [6, 6.07) is 19.7. The van der Waals surface area contributed by atoms with Crippen molar-refractivity contribution in [2.45, 2.75) is 12.5 Å². The molecule has 0 spiro atoms. The summed E-state index contributed by atoms with van der Waals surface area (Å²) in [4.78, 5) is 14.3.